The lowest BCUT2D eigenvalue weighted by Gasteiger charge is -2.32. The normalized spacial score (nSPS) is 12.1. The fourth-order valence-electron chi connectivity index (χ4n) is 20.0. The minimum atomic E-state index is 0.566. The van der Waals surface area contributed by atoms with E-state index in [-0.39, 0.29) is 0 Å². The number of hydrogen-bond donors (Lipinski definition) is 0. The van der Waals surface area contributed by atoms with E-state index in [1.165, 1.54) is 21.5 Å². The van der Waals surface area contributed by atoms with Crippen LogP contribution in [0.3, 0.4) is 0 Å². The summed E-state index contributed by atoms with van der Waals surface area (Å²) < 4.78 is 17.9. The van der Waals surface area contributed by atoms with Crippen LogP contribution >= 0.6 is 0 Å². The first-order chi connectivity index (χ1) is 58.1. The summed E-state index contributed by atoms with van der Waals surface area (Å²) in [4.78, 5) is 0. The van der Waals surface area contributed by atoms with Gasteiger partial charge in [0.1, 0.15) is 0 Å². The van der Waals surface area contributed by atoms with Crippen LogP contribution in [0.2, 0.25) is 0 Å². The van der Waals surface area contributed by atoms with Gasteiger partial charge in [-0.2, -0.15) is 5.26 Å². The van der Waals surface area contributed by atoms with Crippen molar-refractivity contribution in [3.05, 3.63) is 406 Å². The third-order valence-electron chi connectivity index (χ3n) is 24.9. The second-order valence-electron chi connectivity index (χ2n) is 30.9. The van der Waals surface area contributed by atoms with Crippen LogP contribution in [0.5, 0.6) is 0 Å². The zero-order valence-electron chi connectivity index (χ0n) is 63.2. The quantitative estimate of drug-likeness (QED) is 0.135. The largest absolute Gasteiger partial charge is 0.309 e. The molecule has 18 aromatic carbocycles. The van der Waals surface area contributed by atoms with E-state index in [0.29, 0.717) is 5.56 Å². The molecule has 117 heavy (non-hydrogen) atoms. The number of nitriles is 1. The minimum absolute atomic E-state index is 0.566. The molecular formula is C109H66N8. The molecule has 8 heteroatoms. The van der Waals surface area contributed by atoms with E-state index in [9.17, 15) is 5.26 Å². The molecule has 0 aliphatic carbocycles. The van der Waals surface area contributed by atoms with Gasteiger partial charge in [0.25, 0.3) is 0 Å². The summed E-state index contributed by atoms with van der Waals surface area (Å²) >= 11 is 0. The van der Waals surface area contributed by atoms with Crippen molar-refractivity contribution in [2.45, 2.75) is 0 Å². The molecule has 0 saturated carbocycles. The van der Waals surface area contributed by atoms with Gasteiger partial charge in [-0.05, 0) is 173 Å². The van der Waals surface area contributed by atoms with Crippen LogP contribution < -0.4 is 0 Å². The fraction of sp³-hybridized carbons (Fsp3) is 0. The number of aromatic nitrogens is 7. The molecule has 0 radical (unpaired) electrons. The van der Waals surface area contributed by atoms with E-state index in [1.807, 2.05) is 12.1 Å². The third kappa shape index (κ3) is 9.27. The summed E-state index contributed by atoms with van der Waals surface area (Å²) in [5.41, 5.74) is 28.9. The molecule has 25 aromatic rings. The number of para-hydroxylation sites is 12. The summed E-state index contributed by atoms with van der Waals surface area (Å²) in [5, 5.41) is 27.0. The van der Waals surface area contributed by atoms with E-state index in [2.05, 4.69) is 426 Å². The number of rotatable bonds is 10. The standard InChI is InChI=1S/C109H66N8/c110-67-68-51-53-69(54-52-68)104-105(113-92-43-19-7-31-76(92)77-32-8-20-44-93(77)113)107(115-96-47-23-11-35-80(96)81-36-12-24-48-97(81)115)109(116-98-49-25-13-37-82(98)83-38-14-26-50-99(83)116)108(106(104)114-94-45-21-9-33-78(94)79-34-10-22-46-95(79)114)117-102-61-57-72(70-55-59-100-86(63-70)84-39-15-17-41-90(84)111(100)74-27-3-1-4-28-74)65-88(102)89-66-73(58-62-103(89)117)71-56-60-101-87(64-71)85-40-16-18-42-91(85)112(101)75-29-5-2-6-30-75/h1-66H. The highest BCUT2D eigenvalue weighted by Gasteiger charge is 2.37. The van der Waals surface area contributed by atoms with E-state index in [0.717, 1.165) is 204 Å². The predicted octanol–water partition coefficient (Wildman–Crippen LogP) is 28.2. The Labute approximate surface area is 670 Å². The van der Waals surface area contributed by atoms with Crippen LogP contribution in [0.25, 0.3) is 226 Å². The van der Waals surface area contributed by atoms with Gasteiger partial charge in [0.15, 0.2) is 0 Å². The lowest BCUT2D eigenvalue weighted by Crippen LogP contribution is -2.18. The van der Waals surface area contributed by atoms with Crippen molar-refractivity contribution in [2.75, 3.05) is 0 Å². The Morgan fingerprint density at radius 1 is 0.154 bits per heavy atom. The first-order valence-corrected chi connectivity index (χ1v) is 40.0. The second kappa shape index (κ2) is 25.0. The molecular weight excluding hydrogens is 1420 g/mol. The van der Waals surface area contributed by atoms with Gasteiger partial charge in [-0.3, -0.25) is 0 Å². The summed E-state index contributed by atoms with van der Waals surface area (Å²) in [6.45, 7) is 0. The van der Waals surface area contributed by atoms with Crippen molar-refractivity contribution in [3.63, 3.8) is 0 Å². The van der Waals surface area contributed by atoms with E-state index in [1.54, 1.807) is 0 Å². The molecule has 7 aromatic heterocycles. The molecule has 542 valence electrons. The Hall–Kier alpha value is -16.0. The van der Waals surface area contributed by atoms with Crippen LogP contribution in [-0.4, -0.2) is 32.0 Å². The van der Waals surface area contributed by atoms with E-state index >= 15 is 0 Å². The number of benzene rings is 18. The van der Waals surface area contributed by atoms with Crippen LogP contribution in [0.1, 0.15) is 5.56 Å². The molecule has 0 N–H and O–H groups in total. The number of nitrogens with zero attached hydrogens (tertiary/aromatic N) is 8. The monoisotopic (exact) mass is 1490 g/mol. The summed E-state index contributed by atoms with van der Waals surface area (Å²) in [7, 11) is 0. The maximum absolute atomic E-state index is 11.0. The zero-order valence-corrected chi connectivity index (χ0v) is 63.2. The van der Waals surface area contributed by atoms with Crippen LogP contribution in [0.4, 0.5) is 0 Å². The molecule has 0 atom stereocenters. The Morgan fingerprint density at radius 2 is 0.342 bits per heavy atom. The molecule has 0 unspecified atom stereocenters. The lowest BCUT2D eigenvalue weighted by molar-refractivity contribution is 1.00. The molecule has 0 bridgehead atoms. The van der Waals surface area contributed by atoms with Gasteiger partial charge in [-0.25, -0.2) is 0 Å². The van der Waals surface area contributed by atoms with Crippen LogP contribution in [0, 0.1) is 11.3 Å². The Morgan fingerprint density at radius 3 is 0.607 bits per heavy atom. The van der Waals surface area contributed by atoms with E-state index in [4.69, 9.17) is 0 Å². The van der Waals surface area contributed by atoms with Crippen molar-refractivity contribution >= 4 is 153 Å². The fourth-order valence-corrected chi connectivity index (χ4v) is 20.0. The molecule has 0 saturated heterocycles. The van der Waals surface area contributed by atoms with E-state index < -0.39 is 0 Å². The molecule has 8 nitrogen and oxygen atoms in total. The van der Waals surface area contributed by atoms with Gasteiger partial charge in [-0.1, -0.05) is 255 Å². The van der Waals surface area contributed by atoms with Gasteiger partial charge in [-0.15, -0.1) is 0 Å². The molecule has 0 fully saturated rings. The van der Waals surface area contributed by atoms with Gasteiger partial charge in [0.05, 0.1) is 117 Å². The first kappa shape index (κ1) is 64.7. The highest BCUT2D eigenvalue weighted by molar-refractivity contribution is 6.21. The highest BCUT2D eigenvalue weighted by atomic mass is 15.2. The summed E-state index contributed by atoms with van der Waals surface area (Å²) in [5.74, 6) is 0. The maximum atomic E-state index is 11.0. The lowest BCUT2D eigenvalue weighted by atomic mass is 9.94. The number of fused-ring (bicyclic) bond motifs is 21. The molecule has 7 heterocycles. The molecule has 0 spiro atoms. The van der Waals surface area contributed by atoms with Gasteiger partial charge in [0.2, 0.25) is 0 Å². The molecule has 0 aliphatic rings. The summed E-state index contributed by atoms with van der Waals surface area (Å²) in [6, 6.07) is 151. The highest BCUT2D eigenvalue weighted by Crippen LogP contribution is 2.55. The maximum Gasteiger partial charge on any atom is 0.0991 e. The SMILES string of the molecule is N#Cc1ccc(-c2c(-n3c4ccccc4c4ccccc43)c(-n3c4ccccc4c4ccccc43)c(-n3c4ccccc4c4ccccc43)c(-n3c4ccc(-c5ccc6c(c5)c5ccccc5n6-c5ccccc5)cc4c4cc(-c5ccc6c(c5)c5ccccc5n6-c5ccccc5)ccc43)c2-n2c3ccccc3c3ccccc32)cc1. The van der Waals surface area contributed by atoms with Gasteiger partial charge < -0.3 is 32.0 Å². The Kier molecular flexibility index (Phi) is 13.8. The molecule has 0 amide bonds. The Bertz CT molecular complexity index is 8150. The second-order valence-corrected chi connectivity index (χ2v) is 30.9. The van der Waals surface area contributed by atoms with Crippen molar-refractivity contribution in [3.8, 4) is 79.3 Å². The summed E-state index contributed by atoms with van der Waals surface area (Å²) in [6.07, 6.45) is 0. The van der Waals surface area contributed by atoms with Crippen LogP contribution in [-0.2, 0) is 0 Å². The van der Waals surface area contributed by atoms with Gasteiger partial charge >= 0.3 is 0 Å². The predicted molar refractivity (Wildman–Crippen MR) is 488 cm³/mol. The molecule has 0 aliphatic heterocycles. The smallest absolute Gasteiger partial charge is 0.0991 e. The van der Waals surface area contributed by atoms with Crippen molar-refractivity contribution in [1.82, 2.24) is 32.0 Å². The van der Waals surface area contributed by atoms with Crippen LogP contribution in [0.15, 0.2) is 400 Å². The topological polar surface area (TPSA) is 58.3 Å². The molecule has 25 rings (SSSR count). The average Bonchev–Trinajstić information content (AvgIpc) is 1.55. The average molecular weight is 1490 g/mol. The Balaban J connectivity index is 0.923. The van der Waals surface area contributed by atoms with Crippen molar-refractivity contribution in [1.29, 1.82) is 5.26 Å². The first-order valence-electron chi connectivity index (χ1n) is 40.0. The number of hydrogen-bond acceptors (Lipinski definition) is 1. The zero-order chi connectivity index (χ0) is 76.7. The minimum Gasteiger partial charge on any atom is -0.309 e. The van der Waals surface area contributed by atoms with Crippen molar-refractivity contribution < 1.29 is 0 Å². The van der Waals surface area contributed by atoms with Crippen molar-refractivity contribution in [2.24, 2.45) is 0 Å². The third-order valence-corrected chi connectivity index (χ3v) is 24.9. The van der Waals surface area contributed by atoms with Gasteiger partial charge in [0, 0.05) is 92.3 Å².